The largest absolute Gasteiger partial charge is 0.489 e. The molecule has 0 spiro atoms. The second kappa shape index (κ2) is 7.41. The van der Waals surface area contributed by atoms with E-state index in [0.717, 1.165) is 0 Å². The zero-order valence-electron chi connectivity index (χ0n) is 11.7. The van der Waals surface area contributed by atoms with E-state index in [2.05, 4.69) is 5.43 Å². The monoisotopic (exact) mass is 308 g/mol. The van der Waals surface area contributed by atoms with Crippen LogP contribution in [0.5, 0.6) is 5.75 Å². The third-order valence-electron chi connectivity index (χ3n) is 3.30. The fourth-order valence-corrected chi connectivity index (χ4v) is 2.28. The Labute approximate surface area is 128 Å². The molecule has 2 atom stereocenters. The van der Waals surface area contributed by atoms with Gasteiger partial charge in [-0.3, -0.25) is 11.3 Å². The molecule has 0 fully saturated rings. The van der Waals surface area contributed by atoms with E-state index in [9.17, 15) is 4.39 Å². The highest BCUT2D eigenvalue weighted by Crippen LogP contribution is 2.20. The van der Waals surface area contributed by atoms with E-state index in [4.69, 9.17) is 22.2 Å². The lowest BCUT2D eigenvalue weighted by Gasteiger charge is -2.24. The molecule has 2 aromatic carbocycles. The third kappa shape index (κ3) is 4.43. The van der Waals surface area contributed by atoms with Gasteiger partial charge in [0.15, 0.2) is 0 Å². The molecule has 2 rings (SSSR count). The number of nitrogens with two attached hydrogens (primary N) is 1. The number of rotatable bonds is 6. The van der Waals surface area contributed by atoms with Crippen LogP contribution in [0.3, 0.4) is 0 Å². The van der Waals surface area contributed by atoms with Crippen molar-refractivity contribution in [2.75, 3.05) is 0 Å². The van der Waals surface area contributed by atoms with Gasteiger partial charge in [0, 0.05) is 5.02 Å². The van der Waals surface area contributed by atoms with Crippen molar-refractivity contribution in [3.05, 3.63) is 64.9 Å². The minimum absolute atomic E-state index is 0.221. The van der Waals surface area contributed by atoms with Crippen LogP contribution in [0.1, 0.15) is 12.5 Å². The van der Waals surface area contributed by atoms with Crippen molar-refractivity contribution in [2.24, 2.45) is 5.84 Å². The molecule has 0 bridgehead atoms. The maximum absolute atomic E-state index is 13.7. The first-order valence-electron chi connectivity index (χ1n) is 6.72. The summed E-state index contributed by atoms with van der Waals surface area (Å²) in [6, 6.07) is 13.6. The van der Waals surface area contributed by atoms with Crippen molar-refractivity contribution in [1.29, 1.82) is 0 Å². The summed E-state index contributed by atoms with van der Waals surface area (Å²) in [5.41, 5.74) is 3.29. The molecule has 2 unspecified atom stereocenters. The highest BCUT2D eigenvalue weighted by molar-refractivity contribution is 6.30. The van der Waals surface area contributed by atoms with Crippen LogP contribution >= 0.6 is 11.6 Å². The van der Waals surface area contributed by atoms with E-state index >= 15 is 0 Å². The molecule has 0 saturated heterocycles. The van der Waals surface area contributed by atoms with Crippen molar-refractivity contribution in [3.8, 4) is 5.75 Å². The van der Waals surface area contributed by atoms with Crippen LogP contribution in [0.4, 0.5) is 4.39 Å². The third-order valence-corrected chi connectivity index (χ3v) is 3.53. The van der Waals surface area contributed by atoms with Crippen molar-refractivity contribution >= 4 is 11.6 Å². The predicted molar refractivity (Wildman–Crippen MR) is 82.8 cm³/mol. The molecule has 0 aliphatic rings. The smallest absolute Gasteiger partial charge is 0.126 e. The molecule has 0 saturated carbocycles. The van der Waals surface area contributed by atoms with Gasteiger partial charge in [-0.15, -0.1) is 0 Å². The molecule has 0 heterocycles. The fourth-order valence-electron chi connectivity index (χ4n) is 2.10. The van der Waals surface area contributed by atoms with Gasteiger partial charge >= 0.3 is 0 Å². The molecular formula is C16H18ClFN2O. The number of benzene rings is 2. The van der Waals surface area contributed by atoms with Crippen molar-refractivity contribution in [1.82, 2.24) is 5.43 Å². The van der Waals surface area contributed by atoms with E-state index in [0.29, 0.717) is 22.8 Å². The maximum Gasteiger partial charge on any atom is 0.126 e. The second-order valence-electron chi connectivity index (χ2n) is 4.85. The van der Waals surface area contributed by atoms with Gasteiger partial charge in [-0.1, -0.05) is 35.9 Å². The number of halogens is 2. The fraction of sp³-hybridized carbons (Fsp3) is 0.250. The summed E-state index contributed by atoms with van der Waals surface area (Å²) in [4.78, 5) is 0. The van der Waals surface area contributed by atoms with E-state index in [1.54, 1.807) is 30.3 Å². The first-order valence-corrected chi connectivity index (χ1v) is 7.09. The Balaban J connectivity index is 2.05. The zero-order chi connectivity index (χ0) is 15.2. The number of nitrogens with one attached hydrogen (secondary N) is 1. The van der Waals surface area contributed by atoms with Crippen LogP contribution in [-0.4, -0.2) is 12.1 Å². The number of hydrogen-bond donors (Lipinski definition) is 2. The predicted octanol–water partition coefficient (Wildman–Crippen LogP) is 3.32. The van der Waals surface area contributed by atoms with Crippen LogP contribution in [0.2, 0.25) is 5.02 Å². The molecule has 0 amide bonds. The van der Waals surface area contributed by atoms with Crippen molar-refractivity contribution in [3.63, 3.8) is 0 Å². The Morgan fingerprint density at radius 2 is 2.00 bits per heavy atom. The van der Waals surface area contributed by atoms with Crippen LogP contribution in [0, 0.1) is 5.82 Å². The Morgan fingerprint density at radius 3 is 2.67 bits per heavy atom. The molecule has 2 aromatic rings. The van der Waals surface area contributed by atoms with Gasteiger partial charge < -0.3 is 4.74 Å². The van der Waals surface area contributed by atoms with Crippen LogP contribution in [0.15, 0.2) is 48.5 Å². The van der Waals surface area contributed by atoms with Gasteiger partial charge in [0.1, 0.15) is 17.7 Å². The lowest BCUT2D eigenvalue weighted by atomic mass is 10.0. The second-order valence-corrected chi connectivity index (χ2v) is 5.29. The van der Waals surface area contributed by atoms with Crippen LogP contribution in [0.25, 0.3) is 0 Å². The summed E-state index contributed by atoms with van der Waals surface area (Å²) < 4.78 is 19.5. The quantitative estimate of drug-likeness (QED) is 0.636. The summed E-state index contributed by atoms with van der Waals surface area (Å²) in [7, 11) is 0. The molecule has 0 aliphatic carbocycles. The standard InChI is InChI=1S/C16H18ClFN2O/c1-11(21-14-7-4-6-13(17)10-14)16(20-19)9-12-5-2-3-8-15(12)18/h2-8,10-11,16,20H,9,19H2,1H3. The number of hydrogen-bond acceptors (Lipinski definition) is 3. The van der Waals surface area contributed by atoms with Crippen LogP contribution in [-0.2, 0) is 6.42 Å². The summed E-state index contributed by atoms with van der Waals surface area (Å²) in [6.07, 6.45) is 0.193. The Bertz CT molecular complexity index is 594. The molecule has 21 heavy (non-hydrogen) atoms. The minimum Gasteiger partial charge on any atom is -0.489 e. The molecule has 3 nitrogen and oxygen atoms in total. The van der Waals surface area contributed by atoms with Crippen molar-refractivity contribution in [2.45, 2.75) is 25.5 Å². The zero-order valence-corrected chi connectivity index (χ0v) is 12.5. The molecule has 0 aliphatic heterocycles. The Kier molecular flexibility index (Phi) is 5.56. The highest BCUT2D eigenvalue weighted by Gasteiger charge is 2.19. The maximum atomic E-state index is 13.7. The van der Waals surface area contributed by atoms with E-state index in [1.165, 1.54) is 6.07 Å². The lowest BCUT2D eigenvalue weighted by Crippen LogP contribution is -2.46. The van der Waals surface area contributed by atoms with Gasteiger partial charge in [0.05, 0.1) is 6.04 Å². The molecule has 0 radical (unpaired) electrons. The summed E-state index contributed by atoms with van der Waals surface area (Å²) in [5.74, 6) is 5.99. The van der Waals surface area contributed by atoms with E-state index in [-0.39, 0.29) is 18.0 Å². The summed E-state index contributed by atoms with van der Waals surface area (Å²) in [5, 5.41) is 0.603. The number of ether oxygens (including phenoxy) is 1. The molecular weight excluding hydrogens is 291 g/mol. The first-order chi connectivity index (χ1) is 10.1. The van der Waals surface area contributed by atoms with E-state index < -0.39 is 0 Å². The molecule has 0 aromatic heterocycles. The van der Waals surface area contributed by atoms with E-state index in [1.807, 2.05) is 19.1 Å². The van der Waals surface area contributed by atoms with Gasteiger partial charge in [-0.25, -0.2) is 4.39 Å². The average Bonchev–Trinajstić information content (AvgIpc) is 2.46. The highest BCUT2D eigenvalue weighted by atomic mass is 35.5. The Hall–Kier alpha value is -1.62. The average molecular weight is 309 g/mol. The summed E-state index contributed by atoms with van der Waals surface area (Å²) >= 11 is 5.92. The van der Waals surface area contributed by atoms with Crippen LogP contribution < -0.4 is 16.0 Å². The van der Waals surface area contributed by atoms with Crippen molar-refractivity contribution < 1.29 is 9.13 Å². The van der Waals surface area contributed by atoms with Gasteiger partial charge in [-0.05, 0) is 43.2 Å². The molecule has 112 valence electrons. The van der Waals surface area contributed by atoms with Gasteiger partial charge in [0.2, 0.25) is 0 Å². The SMILES string of the molecule is CC(Oc1cccc(Cl)c1)C(Cc1ccccc1F)NN. The number of hydrazine groups is 1. The minimum atomic E-state index is -0.243. The lowest BCUT2D eigenvalue weighted by molar-refractivity contribution is 0.169. The normalized spacial score (nSPS) is 13.7. The first kappa shape index (κ1) is 15.8. The summed E-state index contributed by atoms with van der Waals surface area (Å²) in [6.45, 7) is 1.88. The van der Waals surface area contributed by atoms with Gasteiger partial charge in [-0.2, -0.15) is 0 Å². The molecule has 3 N–H and O–H groups in total. The molecule has 5 heteroatoms. The van der Waals surface area contributed by atoms with Gasteiger partial charge in [0.25, 0.3) is 0 Å². The topological polar surface area (TPSA) is 47.3 Å². The Morgan fingerprint density at radius 1 is 1.24 bits per heavy atom.